The van der Waals surface area contributed by atoms with Gasteiger partial charge >= 0.3 is 0 Å². The Balaban J connectivity index is 2.18. The molecule has 0 aliphatic heterocycles. The average molecular weight is 264 g/mol. The van der Waals surface area contributed by atoms with Gasteiger partial charge in [0, 0.05) is 12.6 Å². The monoisotopic (exact) mass is 264 g/mol. The maximum absolute atomic E-state index is 12.3. The maximum atomic E-state index is 12.3. The van der Waals surface area contributed by atoms with Crippen LogP contribution in [0.4, 0.5) is 5.69 Å². The molecule has 2 aromatic carbocycles. The molecule has 0 N–H and O–H groups in total. The van der Waals surface area contributed by atoms with Crippen molar-refractivity contribution in [1.82, 2.24) is 0 Å². The highest BCUT2D eigenvalue weighted by Crippen LogP contribution is 2.18. The molecule has 0 fully saturated rings. The highest BCUT2D eigenvalue weighted by molar-refractivity contribution is 5.99. The first-order valence-electron chi connectivity index (χ1n) is 6.42. The lowest BCUT2D eigenvalue weighted by Gasteiger charge is -2.19. The summed E-state index contributed by atoms with van der Waals surface area (Å²) in [5.74, 6) is 0.0453. The van der Waals surface area contributed by atoms with Crippen molar-refractivity contribution in [2.24, 2.45) is 0 Å². The van der Waals surface area contributed by atoms with E-state index < -0.39 is 0 Å². The molecule has 20 heavy (non-hydrogen) atoms. The van der Waals surface area contributed by atoms with E-state index in [1.807, 2.05) is 61.3 Å². The Morgan fingerprint density at radius 3 is 2.65 bits per heavy atom. The summed E-state index contributed by atoms with van der Waals surface area (Å²) in [5, 5.41) is 9.09. The molecular formula is C17H16N2O. The molecule has 0 aromatic heterocycles. The van der Waals surface area contributed by atoms with Gasteiger partial charge in [-0.1, -0.05) is 35.9 Å². The zero-order chi connectivity index (χ0) is 14.5. The molecular weight excluding hydrogens is 248 g/mol. The van der Waals surface area contributed by atoms with Crippen molar-refractivity contribution in [3.8, 4) is 6.07 Å². The number of nitrogens with zero attached hydrogens (tertiary/aromatic N) is 2. The summed E-state index contributed by atoms with van der Waals surface area (Å²) in [6.45, 7) is 2.22. The van der Waals surface area contributed by atoms with E-state index in [4.69, 9.17) is 5.26 Å². The lowest BCUT2D eigenvalue weighted by atomic mass is 10.1. The van der Waals surface area contributed by atoms with Gasteiger partial charge in [0.1, 0.15) is 6.07 Å². The predicted octanol–water partition coefficient (Wildman–Crippen LogP) is 3.19. The van der Waals surface area contributed by atoms with Crippen LogP contribution in [0.15, 0.2) is 48.5 Å². The molecule has 0 heterocycles. The third-order valence-electron chi connectivity index (χ3n) is 3.16. The number of ketones is 1. The Bertz CT molecular complexity index is 671. The van der Waals surface area contributed by atoms with Crippen LogP contribution in [0.2, 0.25) is 0 Å². The van der Waals surface area contributed by atoms with Crippen molar-refractivity contribution >= 4 is 11.5 Å². The number of Topliss-reactive ketones (excluding diaryl/α,β-unsaturated/α-hetero) is 1. The van der Waals surface area contributed by atoms with E-state index in [-0.39, 0.29) is 12.3 Å². The van der Waals surface area contributed by atoms with Crippen molar-refractivity contribution in [1.29, 1.82) is 5.26 Å². The molecule has 0 saturated carbocycles. The maximum Gasteiger partial charge on any atom is 0.182 e. The van der Waals surface area contributed by atoms with Gasteiger partial charge in [-0.2, -0.15) is 5.26 Å². The van der Waals surface area contributed by atoms with E-state index in [0.717, 1.165) is 11.3 Å². The highest BCUT2D eigenvalue weighted by atomic mass is 16.1. The first-order chi connectivity index (χ1) is 9.61. The lowest BCUT2D eigenvalue weighted by molar-refractivity contribution is 0.100. The first kappa shape index (κ1) is 13.8. The van der Waals surface area contributed by atoms with Crippen molar-refractivity contribution < 1.29 is 4.79 Å². The smallest absolute Gasteiger partial charge is 0.182 e. The van der Waals surface area contributed by atoms with E-state index in [9.17, 15) is 4.79 Å². The molecule has 0 spiro atoms. The number of aryl methyl sites for hydroxylation is 1. The second kappa shape index (κ2) is 6.03. The van der Waals surface area contributed by atoms with Gasteiger partial charge in [0.2, 0.25) is 0 Å². The van der Waals surface area contributed by atoms with Crippen LogP contribution in [0.1, 0.15) is 21.5 Å². The van der Waals surface area contributed by atoms with E-state index in [1.54, 1.807) is 6.07 Å². The quantitative estimate of drug-likeness (QED) is 0.797. The molecule has 0 atom stereocenters. The van der Waals surface area contributed by atoms with Crippen molar-refractivity contribution in [3.63, 3.8) is 0 Å². The van der Waals surface area contributed by atoms with Gasteiger partial charge in [-0.05, 0) is 25.1 Å². The van der Waals surface area contributed by atoms with Gasteiger partial charge in [-0.15, -0.1) is 0 Å². The van der Waals surface area contributed by atoms with Gasteiger partial charge in [-0.25, -0.2) is 0 Å². The van der Waals surface area contributed by atoms with Crippen LogP contribution in [0.5, 0.6) is 0 Å². The summed E-state index contributed by atoms with van der Waals surface area (Å²) < 4.78 is 0. The van der Waals surface area contributed by atoms with Crippen LogP contribution in [0.3, 0.4) is 0 Å². The number of rotatable bonds is 4. The molecule has 0 saturated heterocycles. The first-order valence-corrected chi connectivity index (χ1v) is 6.42. The number of nitriles is 1. The van der Waals surface area contributed by atoms with Crippen molar-refractivity contribution in [2.75, 3.05) is 18.5 Å². The molecule has 3 heteroatoms. The normalized spacial score (nSPS) is 9.85. The Kier molecular flexibility index (Phi) is 4.17. The number of anilines is 1. The molecule has 0 aliphatic carbocycles. The Morgan fingerprint density at radius 2 is 1.95 bits per heavy atom. The standard InChI is InChI=1S/C17H16N2O/c1-13-6-5-8-14(10-13)17(20)12-19(2)16-9-4-3-7-15(16)11-18/h3-10H,12H2,1-2H3. The number of hydrogen-bond donors (Lipinski definition) is 0. The molecule has 0 amide bonds. The third-order valence-corrected chi connectivity index (χ3v) is 3.16. The third kappa shape index (κ3) is 3.04. The highest BCUT2D eigenvalue weighted by Gasteiger charge is 2.12. The summed E-state index contributed by atoms with van der Waals surface area (Å²) in [7, 11) is 1.82. The molecule has 0 unspecified atom stereocenters. The van der Waals surface area contributed by atoms with Crippen LogP contribution in [-0.4, -0.2) is 19.4 Å². The molecule has 0 bridgehead atoms. The minimum absolute atomic E-state index is 0.0453. The van der Waals surface area contributed by atoms with Crippen LogP contribution >= 0.6 is 0 Å². The van der Waals surface area contributed by atoms with E-state index in [2.05, 4.69) is 6.07 Å². The van der Waals surface area contributed by atoms with Gasteiger partial charge in [0.15, 0.2) is 5.78 Å². The fourth-order valence-electron chi connectivity index (χ4n) is 2.11. The SMILES string of the molecule is Cc1cccc(C(=O)CN(C)c2ccccc2C#N)c1. The summed E-state index contributed by atoms with van der Waals surface area (Å²) in [5.41, 5.74) is 3.12. The molecule has 2 aromatic rings. The van der Waals surface area contributed by atoms with Gasteiger partial charge in [0.25, 0.3) is 0 Å². The fraction of sp³-hybridized carbons (Fsp3) is 0.176. The number of carbonyl (C=O) groups is 1. The Hall–Kier alpha value is -2.60. The predicted molar refractivity (Wildman–Crippen MR) is 79.9 cm³/mol. The largest absolute Gasteiger partial charge is 0.366 e. The molecule has 0 aliphatic rings. The summed E-state index contributed by atoms with van der Waals surface area (Å²) >= 11 is 0. The Morgan fingerprint density at radius 1 is 1.20 bits per heavy atom. The van der Waals surface area contributed by atoms with E-state index >= 15 is 0 Å². The molecule has 0 radical (unpaired) electrons. The fourth-order valence-corrected chi connectivity index (χ4v) is 2.11. The minimum Gasteiger partial charge on any atom is -0.366 e. The van der Waals surface area contributed by atoms with Crippen molar-refractivity contribution in [2.45, 2.75) is 6.92 Å². The number of likely N-dealkylation sites (N-methyl/N-ethyl adjacent to an activating group) is 1. The van der Waals surface area contributed by atoms with E-state index in [0.29, 0.717) is 11.1 Å². The lowest BCUT2D eigenvalue weighted by Crippen LogP contribution is -2.26. The number of hydrogen-bond acceptors (Lipinski definition) is 3. The summed E-state index contributed by atoms with van der Waals surface area (Å²) in [6.07, 6.45) is 0. The van der Waals surface area contributed by atoms with Gasteiger partial charge < -0.3 is 4.90 Å². The van der Waals surface area contributed by atoms with Crippen LogP contribution in [0, 0.1) is 18.3 Å². The topological polar surface area (TPSA) is 44.1 Å². The zero-order valence-electron chi connectivity index (χ0n) is 11.6. The second-order valence-electron chi connectivity index (χ2n) is 4.78. The zero-order valence-corrected chi connectivity index (χ0v) is 11.6. The molecule has 2 rings (SSSR count). The van der Waals surface area contributed by atoms with Gasteiger partial charge in [0.05, 0.1) is 17.8 Å². The van der Waals surface area contributed by atoms with Crippen LogP contribution < -0.4 is 4.90 Å². The van der Waals surface area contributed by atoms with Crippen molar-refractivity contribution in [3.05, 3.63) is 65.2 Å². The van der Waals surface area contributed by atoms with Crippen LogP contribution in [-0.2, 0) is 0 Å². The minimum atomic E-state index is 0.0453. The van der Waals surface area contributed by atoms with Crippen LogP contribution in [0.25, 0.3) is 0 Å². The molecule has 3 nitrogen and oxygen atoms in total. The Labute approximate surface area is 119 Å². The van der Waals surface area contributed by atoms with Gasteiger partial charge in [-0.3, -0.25) is 4.79 Å². The summed E-state index contributed by atoms with van der Waals surface area (Å²) in [4.78, 5) is 14.1. The second-order valence-corrected chi connectivity index (χ2v) is 4.78. The number of carbonyl (C=O) groups excluding carboxylic acids is 1. The van der Waals surface area contributed by atoms with E-state index in [1.165, 1.54) is 0 Å². The number of para-hydroxylation sites is 1. The number of benzene rings is 2. The molecule has 100 valence electrons. The average Bonchev–Trinajstić information content (AvgIpc) is 2.47. The summed E-state index contributed by atoms with van der Waals surface area (Å²) in [6, 6.07) is 17.0.